The first-order chi connectivity index (χ1) is 10.8. The summed E-state index contributed by atoms with van der Waals surface area (Å²) in [4.78, 5) is 11.6. The van der Waals surface area contributed by atoms with Crippen molar-refractivity contribution in [3.05, 3.63) is 59.2 Å². The highest BCUT2D eigenvalue weighted by Gasteiger charge is 2.19. The predicted octanol–water partition coefficient (Wildman–Crippen LogP) is 3.25. The van der Waals surface area contributed by atoms with Crippen LogP contribution in [-0.2, 0) is 14.9 Å². The van der Waals surface area contributed by atoms with Gasteiger partial charge < -0.3 is 8.92 Å². The van der Waals surface area contributed by atoms with Crippen molar-refractivity contribution >= 4 is 16.1 Å². The molecule has 0 aliphatic rings. The van der Waals surface area contributed by atoms with Crippen LogP contribution in [0.4, 0.5) is 0 Å². The summed E-state index contributed by atoms with van der Waals surface area (Å²) in [6.45, 7) is 5.61. The molecule has 0 aromatic heterocycles. The van der Waals surface area contributed by atoms with Crippen LogP contribution in [0.15, 0.2) is 47.4 Å². The van der Waals surface area contributed by atoms with Gasteiger partial charge >= 0.3 is 16.1 Å². The summed E-state index contributed by atoms with van der Waals surface area (Å²) in [5, 5.41) is 0. The van der Waals surface area contributed by atoms with E-state index in [1.165, 1.54) is 24.3 Å². The summed E-state index contributed by atoms with van der Waals surface area (Å²) in [5.74, 6) is -0.333. The first-order valence-electron chi connectivity index (χ1n) is 7.12. The maximum Gasteiger partial charge on any atom is 0.339 e. The van der Waals surface area contributed by atoms with E-state index < -0.39 is 16.1 Å². The molecule has 5 nitrogen and oxygen atoms in total. The summed E-state index contributed by atoms with van der Waals surface area (Å²) in [7, 11) is -4.03. The molecular formula is C17H18O5S. The molecule has 0 amide bonds. The number of hydrogen-bond acceptors (Lipinski definition) is 5. The molecule has 0 fully saturated rings. The topological polar surface area (TPSA) is 69.7 Å². The fourth-order valence-corrected chi connectivity index (χ4v) is 3.11. The zero-order chi connectivity index (χ0) is 17.0. The number of rotatable bonds is 5. The van der Waals surface area contributed by atoms with Crippen molar-refractivity contribution < 1.29 is 22.1 Å². The molecule has 0 aliphatic carbocycles. The van der Waals surface area contributed by atoms with Gasteiger partial charge in [0.2, 0.25) is 0 Å². The summed E-state index contributed by atoms with van der Waals surface area (Å²) in [6.07, 6.45) is 0. The first-order valence-corrected chi connectivity index (χ1v) is 8.52. The monoisotopic (exact) mass is 334 g/mol. The number of esters is 1. The zero-order valence-electron chi connectivity index (χ0n) is 13.2. The molecular weight excluding hydrogens is 316 g/mol. The quantitative estimate of drug-likeness (QED) is 0.620. The van der Waals surface area contributed by atoms with E-state index in [0.29, 0.717) is 0 Å². The first kappa shape index (κ1) is 17.0. The smallest absolute Gasteiger partial charge is 0.339 e. The molecule has 0 saturated carbocycles. The van der Waals surface area contributed by atoms with E-state index in [1.54, 1.807) is 19.1 Å². The number of ether oxygens (including phenoxy) is 1. The van der Waals surface area contributed by atoms with Crippen LogP contribution in [0.25, 0.3) is 0 Å². The Labute approximate surface area is 136 Å². The number of carbonyl (C=O) groups excluding carboxylic acids is 1. The highest BCUT2D eigenvalue weighted by Crippen LogP contribution is 2.22. The van der Waals surface area contributed by atoms with Crippen molar-refractivity contribution in [3.63, 3.8) is 0 Å². The van der Waals surface area contributed by atoms with Gasteiger partial charge in [0.05, 0.1) is 12.2 Å². The molecule has 23 heavy (non-hydrogen) atoms. The Morgan fingerprint density at radius 3 is 2.30 bits per heavy atom. The van der Waals surface area contributed by atoms with Crippen LogP contribution < -0.4 is 4.18 Å². The van der Waals surface area contributed by atoms with Gasteiger partial charge in [-0.2, -0.15) is 8.42 Å². The average molecular weight is 334 g/mol. The highest BCUT2D eigenvalue weighted by atomic mass is 32.2. The van der Waals surface area contributed by atoms with Crippen molar-refractivity contribution in [2.45, 2.75) is 25.7 Å². The van der Waals surface area contributed by atoms with Gasteiger partial charge in [-0.15, -0.1) is 0 Å². The highest BCUT2D eigenvalue weighted by molar-refractivity contribution is 7.87. The normalized spacial score (nSPS) is 11.1. The lowest BCUT2D eigenvalue weighted by atomic mass is 10.1. The van der Waals surface area contributed by atoms with Crippen LogP contribution in [0, 0.1) is 13.8 Å². The van der Waals surface area contributed by atoms with E-state index in [2.05, 4.69) is 0 Å². The molecule has 0 radical (unpaired) electrons. The molecule has 0 aliphatic heterocycles. The van der Waals surface area contributed by atoms with E-state index >= 15 is 0 Å². The fourth-order valence-electron chi connectivity index (χ4n) is 2.15. The molecule has 0 N–H and O–H groups in total. The lowest BCUT2D eigenvalue weighted by Gasteiger charge is -2.09. The summed E-state index contributed by atoms with van der Waals surface area (Å²) >= 11 is 0. The van der Waals surface area contributed by atoms with Gasteiger partial charge in [0, 0.05) is 0 Å². The molecule has 0 heterocycles. The zero-order valence-corrected chi connectivity index (χ0v) is 14.0. The van der Waals surface area contributed by atoms with Crippen LogP contribution in [0.3, 0.4) is 0 Å². The molecule has 122 valence electrons. The van der Waals surface area contributed by atoms with Crippen molar-refractivity contribution in [2.75, 3.05) is 6.61 Å². The molecule has 0 saturated heterocycles. The fraction of sp³-hybridized carbons (Fsp3) is 0.235. The minimum atomic E-state index is -4.03. The molecule has 0 bridgehead atoms. The molecule has 6 heteroatoms. The van der Waals surface area contributed by atoms with Gasteiger partial charge in [0.25, 0.3) is 0 Å². The molecule has 2 rings (SSSR count). The van der Waals surface area contributed by atoms with Crippen molar-refractivity contribution in [1.29, 1.82) is 0 Å². The van der Waals surface area contributed by atoms with Crippen LogP contribution in [0.2, 0.25) is 0 Å². The Balaban J connectivity index is 2.32. The second kappa shape index (κ2) is 6.83. The van der Waals surface area contributed by atoms with Crippen LogP contribution in [0.1, 0.15) is 28.4 Å². The maximum absolute atomic E-state index is 12.4. The standard InChI is InChI=1S/C17H18O5S/c1-4-21-17(18)14-6-5-7-16(11-14)23(19,20)22-15-9-12(2)8-13(3)10-15/h5-11H,4H2,1-3H3. The number of aryl methyl sites for hydroxylation is 2. The summed E-state index contributed by atoms with van der Waals surface area (Å²) in [5.41, 5.74) is 1.96. The van der Waals surface area contributed by atoms with Crippen LogP contribution >= 0.6 is 0 Å². The third kappa shape index (κ3) is 4.32. The van der Waals surface area contributed by atoms with E-state index in [1.807, 2.05) is 19.9 Å². The van der Waals surface area contributed by atoms with Gasteiger partial charge in [-0.05, 0) is 62.2 Å². The largest absolute Gasteiger partial charge is 0.462 e. The molecule has 0 spiro atoms. The Kier molecular flexibility index (Phi) is 5.05. The second-order valence-corrected chi connectivity index (χ2v) is 6.66. The average Bonchev–Trinajstić information content (AvgIpc) is 2.46. The summed E-state index contributed by atoms with van der Waals surface area (Å²) in [6, 6.07) is 10.8. The molecule has 0 atom stereocenters. The van der Waals surface area contributed by atoms with Gasteiger partial charge in [0.15, 0.2) is 0 Å². The molecule has 2 aromatic rings. The van der Waals surface area contributed by atoms with E-state index in [-0.39, 0.29) is 22.8 Å². The van der Waals surface area contributed by atoms with Crippen LogP contribution in [0.5, 0.6) is 5.75 Å². The lowest BCUT2D eigenvalue weighted by molar-refractivity contribution is 0.0526. The minimum absolute atomic E-state index is 0.0952. The Bertz CT molecular complexity index is 804. The summed E-state index contributed by atoms with van der Waals surface area (Å²) < 4.78 is 34.8. The third-order valence-electron chi connectivity index (χ3n) is 3.03. The number of benzene rings is 2. The predicted molar refractivity (Wildman–Crippen MR) is 86.1 cm³/mol. The van der Waals surface area contributed by atoms with Gasteiger partial charge in [0.1, 0.15) is 10.6 Å². The van der Waals surface area contributed by atoms with Crippen molar-refractivity contribution in [2.24, 2.45) is 0 Å². The lowest BCUT2D eigenvalue weighted by Crippen LogP contribution is -2.12. The van der Waals surface area contributed by atoms with Crippen molar-refractivity contribution in [3.8, 4) is 5.75 Å². The maximum atomic E-state index is 12.4. The minimum Gasteiger partial charge on any atom is -0.462 e. The Hall–Kier alpha value is -2.34. The molecule has 2 aromatic carbocycles. The number of carbonyl (C=O) groups is 1. The molecule has 0 unspecified atom stereocenters. The van der Waals surface area contributed by atoms with Crippen LogP contribution in [-0.4, -0.2) is 21.0 Å². The Morgan fingerprint density at radius 1 is 1.04 bits per heavy atom. The Morgan fingerprint density at radius 2 is 1.70 bits per heavy atom. The van der Waals surface area contributed by atoms with E-state index in [9.17, 15) is 13.2 Å². The van der Waals surface area contributed by atoms with E-state index in [4.69, 9.17) is 8.92 Å². The van der Waals surface area contributed by atoms with Gasteiger partial charge in [-0.3, -0.25) is 0 Å². The second-order valence-electron chi connectivity index (χ2n) is 5.11. The van der Waals surface area contributed by atoms with Gasteiger partial charge in [-0.1, -0.05) is 12.1 Å². The van der Waals surface area contributed by atoms with Gasteiger partial charge in [-0.25, -0.2) is 4.79 Å². The number of hydrogen-bond donors (Lipinski definition) is 0. The SMILES string of the molecule is CCOC(=O)c1cccc(S(=O)(=O)Oc2cc(C)cc(C)c2)c1. The van der Waals surface area contributed by atoms with E-state index in [0.717, 1.165) is 11.1 Å². The van der Waals surface area contributed by atoms with Crippen molar-refractivity contribution in [1.82, 2.24) is 0 Å². The third-order valence-corrected chi connectivity index (χ3v) is 4.28.